The highest BCUT2D eigenvalue weighted by molar-refractivity contribution is 7.20. The van der Waals surface area contributed by atoms with Crippen LogP contribution in [0.2, 0.25) is 0 Å². The summed E-state index contributed by atoms with van der Waals surface area (Å²) in [5.74, 6) is -0.863. The monoisotopic (exact) mass is 296 g/mol. The molecule has 1 saturated heterocycles. The van der Waals surface area contributed by atoms with Gasteiger partial charge in [0.1, 0.15) is 4.88 Å². The van der Waals surface area contributed by atoms with Crippen LogP contribution < -0.4 is 4.90 Å². The number of nitrogens with zero attached hydrogens (tertiary/aromatic N) is 2. The smallest absolute Gasteiger partial charge is 0.345 e. The summed E-state index contributed by atoms with van der Waals surface area (Å²) in [6.45, 7) is 3.35. The molecule has 0 amide bonds. The second-order valence-electron chi connectivity index (χ2n) is 4.50. The van der Waals surface area contributed by atoms with Crippen molar-refractivity contribution in [3.63, 3.8) is 0 Å². The molecule has 1 aliphatic rings. The van der Waals surface area contributed by atoms with E-state index >= 15 is 0 Å². The molecule has 6 heteroatoms. The minimum absolute atomic E-state index is 0.387. The molecule has 2 heterocycles. The number of rotatable bonds is 2. The summed E-state index contributed by atoms with van der Waals surface area (Å²) in [5.41, 5.74) is 1.10. The minimum atomic E-state index is -0.863. The maximum absolute atomic E-state index is 11.1. The Morgan fingerprint density at radius 2 is 2.00 bits per heavy atom. The van der Waals surface area contributed by atoms with E-state index in [1.807, 2.05) is 18.2 Å². The van der Waals surface area contributed by atoms with E-state index < -0.39 is 5.97 Å². The molecule has 0 bridgehead atoms. The number of carbonyl (C=O) groups is 1. The number of hydrogen-bond donors (Lipinski definition) is 1. The van der Waals surface area contributed by atoms with Crippen molar-refractivity contribution in [1.29, 1.82) is 0 Å². The molecule has 0 radical (unpaired) electrons. The molecular weight excluding hydrogens is 284 g/mol. The molecule has 0 saturated carbocycles. The van der Waals surface area contributed by atoms with E-state index in [0.29, 0.717) is 4.88 Å². The van der Waals surface area contributed by atoms with E-state index in [0.717, 1.165) is 42.0 Å². The highest BCUT2D eigenvalue weighted by atomic mass is 35.5. The molecule has 1 fully saturated rings. The molecule has 0 atom stereocenters. The van der Waals surface area contributed by atoms with Gasteiger partial charge in [0, 0.05) is 42.0 Å². The molecule has 1 aromatic carbocycles. The van der Waals surface area contributed by atoms with Crippen molar-refractivity contribution in [3.8, 4) is 0 Å². The fraction of sp³-hybridized carbons (Fsp3) is 0.308. The Morgan fingerprint density at radius 1 is 1.26 bits per heavy atom. The van der Waals surface area contributed by atoms with Crippen LogP contribution in [0.4, 0.5) is 5.69 Å². The van der Waals surface area contributed by atoms with Gasteiger partial charge in [0.15, 0.2) is 0 Å². The lowest BCUT2D eigenvalue weighted by molar-refractivity contribution is 0.0702. The van der Waals surface area contributed by atoms with Gasteiger partial charge in [-0.2, -0.15) is 0 Å². The van der Waals surface area contributed by atoms with Gasteiger partial charge in [-0.05, 0) is 30.0 Å². The first kappa shape index (κ1) is 12.7. The van der Waals surface area contributed by atoms with Crippen LogP contribution in [0.25, 0.3) is 10.1 Å². The van der Waals surface area contributed by atoms with Gasteiger partial charge >= 0.3 is 5.97 Å². The van der Waals surface area contributed by atoms with E-state index in [1.165, 1.54) is 11.3 Å². The highest BCUT2D eigenvalue weighted by Crippen LogP contribution is 2.33. The van der Waals surface area contributed by atoms with Gasteiger partial charge < -0.3 is 10.0 Å². The molecule has 1 N–H and O–H groups in total. The van der Waals surface area contributed by atoms with Gasteiger partial charge in [-0.3, -0.25) is 0 Å². The minimum Gasteiger partial charge on any atom is -0.477 e. The van der Waals surface area contributed by atoms with Crippen molar-refractivity contribution >= 4 is 44.9 Å². The van der Waals surface area contributed by atoms with Crippen LogP contribution in [0.5, 0.6) is 0 Å². The lowest BCUT2D eigenvalue weighted by atomic mass is 10.2. The SMILES string of the molecule is O=C(O)c1cc2c(N3CCN(Cl)CC3)cccc2s1. The molecule has 1 aliphatic heterocycles. The zero-order valence-electron chi connectivity index (χ0n) is 10.2. The summed E-state index contributed by atoms with van der Waals surface area (Å²) in [4.78, 5) is 13.7. The predicted molar refractivity (Wildman–Crippen MR) is 78.4 cm³/mol. The first-order valence-electron chi connectivity index (χ1n) is 6.06. The number of fused-ring (bicyclic) bond motifs is 1. The third-order valence-electron chi connectivity index (χ3n) is 3.32. The number of carboxylic acids is 1. The number of carboxylic acid groups (broad SMARTS) is 1. The standard InChI is InChI=1S/C13H13ClN2O2S/c14-16-6-4-15(5-7-16)10-2-1-3-11-9(10)8-12(19-11)13(17)18/h1-3,8H,4-7H2,(H,17,18). The fourth-order valence-electron chi connectivity index (χ4n) is 2.35. The molecule has 1 aromatic heterocycles. The average Bonchev–Trinajstić information content (AvgIpc) is 2.83. The van der Waals surface area contributed by atoms with E-state index in [4.69, 9.17) is 16.9 Å². The fourth-order valence-corrected chi connectivity index (χ4v) is 3.42. The number of anilines is 1. The van der Waals surface area contributed by atoms with Crippen LogP contribution in [-0.4, -0.2) is 41.7 Å². The number of aromatic carboxylic acids is 1. The second-order valence-corrected chi connectivity index (χ2v) is 6.06. The highest BCUT2D eigenvalue weighted by Gasteiger charge is 2.19. The number of benzene rings is 1. The first-order valence-corrected chi connectivity index (χ1v) is 7.22. The van der Waals surface area contributed by atoms with Gasteiger partial charge in [0.25, 0.3) is 0 Å². The summed E-state index contributed by atoms with van der Waals surface area (Å²) in [5, 5.41) is 10.1. The summed E-state index contributed by atoms with van der Waals surface area (Å²) >= 11 is 7.29. The maximum atomic E-state index is 11.1. The molecule has 2 aromatic rings. The van der Waals surface area contributed by atoms with Gasteiger partial charge in [-0.15, -0.1) is 11.3 Å². The zero-order valence-corrected chi connectivity index (χ0v) is 11.7. The first-order chi connectivity index (χ1) is 9.15. The van der Waals surface area contributed by atoms with Crippen molar-refractivity contribution in [2.24, 2.45) is 0 Å². The zero-order chi connectivity index (χ0) is 13.4. The van der Waals surface area contributed by atoms with Crippen molar-refractivity contribution in [1.82, 2.24) is 4.42 Å². The number of halogens is 1. The lowest BCUT2D eigenvalue weighted by Gasteiger charge is -2.33. The molecule has 19 heavy (non-hydrogen) atoms. The maximum Gasteiger partial charge on any atom is 0.345 e. The van der Waals surface area contributed by atoms with Crippen LogP contribution in [0.3, 0.4) is 0 Å². The largest absolute Gasteiger partial charge is 0.477 e. The molecule has 0 spiro atoms. The van der Waals surface area contributed by atoms with Crippen LogP contribution in [-0.2, 0) is 0 Å². The average molecular weight is 297 g/mol. The number of thiophene rings is 1. The van der Waals surface area contributed by atoms with Crippen molar-refractivity contribution < 1.29 is 9.90 Å². The Morgan fingerprint density at radius 3 is 2.68 bits per heavy atom. The van der Waals surface area contributed by atoms with E-state index in [1.54, 1.807) is 10.5 Å². The Balaban J connectivity index is 2.01. The third-order valence-corrected chi connectivity index (χ3v) is 4.74. The van der Waals surface area contributed by atoms with E-state index in [-0.39, 0.29) is 0 Å². The van der Waals surface area contributed by atoms with Crippen LogP contribution in [0.1, 0.15) is 9.67 Å². The molecule has 0 unspecified atom stereocenters. The molecule has 0 aliphatic carbocycles. The second kappa shape index (κ2) is 5.00. The molecule has 3 rings (SSSR count). The number of hydrogen-bond acceptors (Lipinski definition) is 4. The normalized spacial score (nSPS) is 17.0. The van der Waals surface area contributed by atoms with Crippen LogP contribution >= 0.6 is 23.1 Å². The van der Waals surface area contributed by atoms with Crippen molar-refractivity contribution in [2.75, 3.05) is 31.1 Å². The molecule has 4 nitrogen and oxygen atoms in total. The number of piperazine rings is 1. The Bertz CT molecular complexity index is 620. The van der Waals surface area contributed by atoms with Gasteiger partial charge in [-0.1, -0.05) is 6.07 Å². The quantitative estimate of drug-likeness (QED) is 0.866. The summed E-state index contributed by atoms with van der Waals surface area (Å²) in [6.07, 6.45) is 0. The van der Waals surface area contributed by atoms with Crippen LogP contribution in [0, 0.1) is 0 Å². The Labute approximate surface area is 119 Å². The molecule has 100 valence electrons. The van der Waals surface area contributed by atoms with Gasteiger partial charge in [-0.25, -0.2) is 9.21 Å². The lowest BCUT2D eigenvalue weighted by Crippen LogP contribution is -2.42. The van der Waals surface area contributed by atoms with Gasteiger partial charge in [0.05, 0.1) is 0 Å². The van der Waals surface area contributed by atoms with Crippen molar-refractivity contribution in [2.45, 2.75) is 0 Å². The summed E-state index contributed by atoms with van der Waals surface area (Å²) in [7, 11) is 0. The van der Waals surface area contributed by atoms with E-state index in [9.17, 15) is 4.79 Å². The third kappa shape index (κ3) is 2.41. The van der Waals surface area contributed by atoms with Gasteiger partial charge in [0.2, 0.25) is 0 Å². The predicted octanol–water partition coefficient (Wildman–Crippen LogP) is 2.88. The van der Waals surface area contributed by atoms with Crippen LogP contribution in [0.15, 0.2) is 24.3 Å². The Kier molecular flexibility index (Phi) is 3.35. The summed E-state index contributed by atoms with van der Waals surface area (Å²) in [6, 6.07) is 7.76. The summed E-state index contributed by atoms with van der Waals surface area (Å²) < 4.78 is 2.80. The molecular formula is C13H13ClN2O2S. The Hall–Kier alpha value is -1.30. The topological polar surface area (TPSA) is 43.8 Å². The van der Waals surface area contributed by atoms with E-state index in [2.05, 4.69) is 4.90 Å². The van der Waals surface area contributed by atoms with Crippen molar-refractivity contribution in [3.05, 3.63) is 29.1 Å².